The molecule has 3 aliphatic heterocycles. The van der Waals surface area contributed by atoms with Gasteiger partial charge in [0.25, 0.3) is 10.2 Å². The maximum atomic E-state index is 12.0. The largest absolute Gasteiger partial charge is 0.497 e. The molecule has 0 aromatic heterocycles. The Balaban J connectivity index is 1.66. The molecule has 2 saturated heterocycles. The molecule has 2 fully saturated rings. The first-order valence-corrected chi connectivity index (χ1v) is 10.2. The highest BCUT2D eigenvalue weighted by atomic mass is 32.2. The van der Waals surface area contributed by atoms with Gasteiger partial charge in [-0.3, -0.25) is 4.90 Å². The second kappa shape index (κ2) is 5.98. The van der Waals surface area contributed by atoms with Crippen molar-refractivity contribution in [3.05, 3.63) is 29.3 Å². The van der Waals surface area contributed by atoms with Gasteiger partial charge < -0.3 is 4.74 Å². The third-order valence-corrected chi connectivity index (χ3v) is 7.05. The van der Waals surface area contributed by atoms with Gasteiger partial charge in [0.2, 0.25) is 0 Å². The van der Waals surface area contributed by atoms with Crippen molar-refractivity contribution in [1.29, 1.82) is 0 Å². The van der Waals surface area contributed by atoms with Crippen LogP contribution in [0.1, 0.15) is 36.4 Å². The van der Waals surface area contributed by atoms with E-state index in [-0.39, 0.29) is 12.1 Å². The van der Waals surface area contributed by atoms with Crippen molar-refractivity contribution in [1.82, 2.24) is 9.21 Å². The molecule has 0 unspecified atom stereocenters. The summed E-state index contributed by atoms with van der Waals surface area (Å²) in [6.45, 7) is 2.55. The molecule has 24 heavy (non-hydrogen) atoms. The van der Waals surface area contributed by atoms with Crippen molar-refractivity contribution in [2.24, 2.45) is 11.1 Å². The summed E-state index contributed by atoms with van der Waals surface area (Å²) < 4.78 is 30.9. The summed E-state index contributed by atoms with van der Waals surface area (Å²) in [6.07, 6.45) is 3.86. The fraction of sp³-hybridized carbons (Fsp3) is 0.647. The number of piperidine rings is 2. The summed E-state index contributed by atoms with van der Waals surface area (Å²) >= 11 is 0. The van der Waals surface area contributed by atoms with Crippen molar-refractivity contribution >= 4 is 10.2 Å². The van der Waals surface area contributed by atoms with Gasteiger partial charge in [0.05, 0.1) is 7.11 Å². The molecule has 0 radical (unpaired) electrons. The molecule has 0 saturated carbocycles. The maximum Gasteiger partial charge on any atom is 0.277 e. The molecule has 6 nitrogen and oxygen atoms in total. The third-order valence-electron chi connectivity index (χ3n) is 5.95. The fourth-order valence-electron chi connectivity index (χ4n) is 4.83. The van der Waals surface area contributed by atoms with Crippen molar-refractivity contribution in [3.8, 4) is 5.75 Å². The maximum absolute atomic E-state index is 12.0. The summed E-state index contributed by atoms with van der Waals surface area (Å²) in [7, 11) is -1.94. The van der Waals surface area contributed by atoms with Crippen LogP contribution in [0.4, 0.5) is 0 Å². The van der Waals surface area contributed by atoms with Crippen molar-refractivity contribution in [3.63, 3.8) is 0 Å². The lowest BCUT2D eigenvalue weighted by atomic mass is 9.77. The normalized spacial score (nSPS) is 31.0. The zero-order chi connectivity index (χ0) is 16.9. The van der Waals surface area contributed by atoms with Gasteiger partial charge in [-0.1, -0.05) is 6.07 Å². The van der Waals surface area contributed by atoms with Crippen molar-refractivity contribution < 1.29 is 13.2 Å². The summed E-state index contributed by atoms with van der Waals surface area (Å²) in [4.78, 5) is 2.53. The van der Waals surface area contributed by atoms with Crippen molar-refractivity contribution in [2.45, 2.75) is 37.8 Å². The molecule has 0 amide bonds. The molecule has 1 aromatic carbocycles. The first kappa shape index (κ1) is 16.3. The van der Waals surface area contributed by atoms with E-state index in [0.717, 1.165) is 44.5 Å². The average molecular weight is 351 g/mol. The lowest BCUT2D eigenvalue weighted by Crippen LogP contribution is -2.58. The summed E-state index contributed by atoms with van der Waals surface area (Å²) in [6, 6.07) is 6.59. The number of methoxy groups -OCH3 is 1. The number of rotatable bonds is 2. The van der Waals surface area contributed by atoms with E-state index >= 15 is 0 Å². The van der Waals surface area contributed by atoms with E-state index < -0.39 is 10.2 Å². The lowest BCUT2D eigenvalue weighted by molar-refractivity contribution is 0.0219. The highest BCUT2D eigenvalue weighted by Crippen LogP contribution is 2.43. The number of hydrogen-bond donors (Lipinski definition) is 1. The van der Waals surface area contributed by atoms with E-state index in [9.17, 15) is 8.42 Å². The predicted octanol–water partition coefficient (Wildman–Crippen LogP) is 1.28. The quantitative estimate of drug-likeness (QED) is 0.871. The molecule has 3 atom stereocenters. The third kappa shape index (κ3) is 2.73. The molecule has 4 rings (SSSR count). The highest BCUT2D eigenvalue weighted by Gasteiger charge is 2.45. The van der Waals surface area contributed by atoms with Crippen LogP contribution in [0, 0.1) is 5.92 Å². The molecule has 2 N–H and O–H groups in total. The first-order valence-electron chi connectivity index (χ1n) is 8.68. The minimum Gasteiger partial charge on any atom is -0.497 e. The van der Waals surface area contributed by atoms with Crippen LogP contribution in [-0.2, 0) is 16.6 Å². The van der Waals surface area contributed by atoms with Crippen LogP contribution in [0.3, 0.4) is 0 Å². The number of benzene rings is 1. The Bertz CT molecular complexity index is 737. The predicted molar refractivity (Wildman–Crippen MR) is 92.0 cm³/mol. The average Bonchev–Trinajstić information content (AvgIpc) is 2.58. The van der Waals surface area contributed by atoms with Gasteiger partial charge in [-0.15, -0.1) is 0 Å². The van der Waals surface area contributed by atoms with Crippen molar-refractivity contribution in [2.75, 3.05) is 26.7 Å². The Hall–Kier alpha value is -1.15. The van der Waals surface area contributed by atoms with Crippen LogP contribution in [-0.4, -0.2) is 50.4 Å². The van der Waals surface area contributed by atoms with Gasteiger partial charge in [0.1, 0.15) is 5.75 Å². The second-order valence-corrected chi connectivity index (χ2v) is 8.69. The smallest absolute Gasteiger partial charge is 0.277 e. The van der Waals surface area contributed by atoms with Gasteiger partial charge in [-0.25, -0.2) is 5.14 Å². The second-order valence-electron chi connectivity index (χ2n) is 7.19. The molecular formula is C17H25N3O3S. The molecule has 0 bridgehead atoms. The van der Waals surface area contributed by atoms with Gasteiger partial charge >= 0.3 is 0 Å². The summed E-state index contributed by atoms with van der Waals surface area (Å²) in [5.74, 6) is 1.29. The molecule has 0 aliphatic carbocycles. The summed E-state index contributed by atoms with van der Waals surface area (Å²) in [5.41, 5.74) is 2.65. The Kier molecular flexibility index (Phi) is 4.07. The van der Waals surface area contributed by atoms with Gasteiger partial charge in [-0.05, 0) is 54.9 Å². The molecule has 1 aromatic rings. The minimum atomic E-state index is -3.63. The zero-order valence-corrected chi connectivity index (χ0v) is 14.8. The van der Waals surface area contributed by atoms with E-state index in [0.29, 0.717) is 12.5 Å². The standard InChI is InChI=1S/C17H25N3O3S/c1-23-14-4-5-15-12(9-14)6-8-19-11-13-3-2-7-20(24(18,21)22)16(13)10-17(15)19/h4-5,9,13,16-17H,2-3,6-8,10-11H2,1H3,(H2,18,21,22)/t13-,16+,17+/m1/s1. The van der Waals surface area contributed by atoms with Crippen LogP contribution in [0.2, 0.25) is 0 Å². The number of fused-ring (bicyclic) bond motifs is 4. The molecule has 3 heterocycles. The fourth-order valence-corrected chi connectivity index (χ4v) is 5.85. The van der Waals surface area contributed by atoms with Crippen LogP contribution < -0.4 is 9.88 Å². The van der Waals surface area contributed by atoms with Gasteiger partial charge in [0, 0.05) is 31.7 Å². The van der Waals surface area contributed by atoms with Crippen LogP contribution in [0.25, 0.3) is 0 Å². The SMILES string of the molecule is COc1ccc2c(c1)CCN1C[C@H]3CCCN(S(N)(=O)=O)[C@H]3C[C@@H]21. The summed E-state index contributed by atoms with van der Waals surface area (Å²) in [5, 5.41) is 5.49. The number of nitrogens with two attached hydrogens (primary N) is 1. The topological polar surface area (TPSA) is 75.9 Å². The van der Waals surface area contributed by atoms with Crippen LogP contribution in [0.5, 0.6) is 5.75 Å². The number of ether oxygens (including phenoxy) is 1. The minimum absolute atomic E-state index is 0.0306. The van der Waals surface area contributed by atoms with E-state index in [4.69, 9.17) is 9.88 Å². The number of nitrogens with zero attached hydrogens (tertiary/aromatic N) is 2. The molecule has 132 valence electrons. The van der Waals surface area contributed by atoms with E-state index in [2.05, 4.69) is 17.0 Å². The van der Waals surface area contributed by atoms with Crippen LogP contribution in [0.15, 0.2) is 18.2 Å². The number of hydrogen-bond acceptors (Lipinski definition) is 4. The van der Waals surface area contributed by atoms with Gasteiger partial charge in [0.15, 0.2) is 0 Å². The Morgan fingerprint density at radius 2 is 2.12 bits per heavy atom. The highest BCUT2D eigenvalue weighted by molar-refractivity contribution is 7.86. The zero-order valence-electron chi connectivity index (χ0n) is 14.0. The lowest BCUT2D eigenvalue weighted by Gasteiger charge is -2.51. The Labute approximate surface area is 143 Å². The van der Waals surface area contributed by atoms with E-state index in [1.165, 1.54) is 11.1 Å². The Morgan fingerprint density at radius 3 is 2.88 bits per heavy atom. The molecular weight excluding hydrogens is 326 g/mol. The monoisotopic (exact) mass is 351 g/mol. The molecule has 3 aliphatic rings. The first-order chi connectivity index (χ1) is 11.5. The van der Waals surface area contributed by atoms with Gasteiger partial charge in [-0.2, -0.15) is 12.7 Å². The van der Waals surface area contributed by atoms with E-state index in [1.54, 1.807) is 11.4 Å². The van der Waals surface area contributed by atoms with E-state index in [1.807, 2.05) is 6.07 Å². The van der Waals surface area contributed by atoms with Crippen LogP contribution >= 0.6 is 0 Å². The molecule has 0 spiro atoms. The Morgan fingerprint density at radius 1 is 1.29 bits per heavy atom. The molecule has 7 heteroatoms.